The highest BCUT2D eigenvalue weighted by Crippen LogP contribution is 2.03. The summed E-state index contributed by atoms with van der Waals surface area (Å²) in [4.78, 5) is 22.0. The van der Waals surface area contributed by atoms with Crippen molar-refractivity contribution in [2.45, 2.75) is 51.5 Å². The minimum Gasteiger partial charge on any atom is -0.481 e. The zero-order valence-corrected chi connectivity index (χ0v) is 9.87. The van der Waals surface area contributed by atoms with Crippen LogP contribution in [-0.4, -0.2) is 29.6 Å². The molecule has 1 unspecified atom stereocenters. The largest absolute Gasteiger partial charge is 0.481 e. The summed E-state index contributed by atoms with van der Waals surface area (Å²) in [6.45, 7) is 2.55. The Bertz CT molecular complexity index is 219. The lowest BCUT2D eigenvalue weighted by Gasteiger charge is -2.15. The zero-order chi connectivity index (χ0) is 12.4. The number of carboxylic acids is 1. The van der Waals surface area contributed by atoms with Crippen molar-refractivity contribution in [3.8, 4) is 0 Å². The number of nitrogens with one attached hydrogen (secondary N) is 1. The molecule has 16 heavy (non-hydrogen) atoms. The molecule has 5 nitrogen and oxygen atoms in total. The van der Waals surface area contributed by atoms with Crippen LogP contribution in [0, 0.1) is 0 Å². The van der Waals surface area contributed by atoms with Crippen molar-refractivity contribution in [1.29, 1.82) is 0 Å². The molecular formula is C11H22N2O3. The standard InChI is InChI=1S/C11H22N2O3/c1-2-5-9(8-11(15)16)13-10(14)6-3-4-7-12/h9H,2-8,12H2,1H3,(H,13,14)(H,15,16). The van der Waals surface area contributed by atoms with Gasteiger partial charge in [-0.3, -0.25) is 9.59 Å². The van der Waals surface area contributed by atoms with Crippen LogP contribution in [0.1, 0.15) is 45.4 Å². The van der Waals surface area contributed by atoms with E-state index in [9.17, 15) is 9.59 Å². The Morgan fingerprint density at radius 1 is 1.38 bits per heavy atom. The molecule has 0 aliphatic rings. The molecule has 0 aromatic rings. The molecule has 5 heteroatoms. The van der Waals surface area contributed by atoms with Crippen molar-refractivity contribution < 1.29 is 14.7 Å². The fraction of sp³-hybridized carbons (Fsp3) is 0.818. The van der Waals surface area contributed by atoms with Gasteiger partial charge in [-0.2, -0.15) is 0 Å². The van der Waals surface area contributed by atoms with Crippen LogP contribution < -0.4 is 11.1 Å². The summed E-state index contributed by atoms with van der Waals surface area (Å²) in [6.07, 6.45) is 3.57. The first kappa shape index (κ1) is 14.9. The highest BCUT2D eigenvalue weighted by Gasteiger charge is 2.14. The lowest BCUT2D eigenvalue weighted by atomic mass is 10.1. The van der Waals surface area contributed by atoms with Gasteiger partial charge in [0.25, 0.3) is 0 Å². The normalized spacial score (nSPS) is 12.1. The van der Waals surface area contributed by atoms with Gasteiger partial charge in [0.2, 0.25) is 5.91 Å². The number of hydrogen-bond donors (Lipinski definition) is 3. The summed E-state index contributed by atoms with van der Waals surface area (Å²) >= 11 is 0. The first-order chi connectivity index (χ1) is 7.60. The van der Waals surface area contributed by atoms with Crippen LogP contribution >= 0.6 is 0 Å². The molecule has 0 heterocycles. The molecule has 0 aromatic heterocycles. The van der Waals surface area contributed by atoms with Crippen LogP contribution in [0.4, 0.5) is 0 Å². The molecule has 0 saturated heterocycles. The van der Waals surface area contributed by atoms with Gasteiger partial charge in [0.15, 0.2) is 0 Å². The molecule has 0 rings (SSSR count). The molecule has 0 aliphatic carbocycles. The van der Waals surface area contributed by atoms with Crippen LogP contribution in [0.25, 0.3) is 0 Å². The van der Waals surface area contributed by atoms with Crippen LogP contribution in [0.5, 0.6) is 0 Å². The minimum absolute atomic E-state index is 0.00350. The Balaban J connectivity index is 3.87. The van der Waals surface area contributed by atoms with Gasteiger partial charge in [-0.15, -0.1) is 0 Å². The van der Waals surface area contributed by atoms with Gasteiger partial charge in [0.1, 0.15) is 0 Å². The summed E-state index contributed by atoms with van der Waals surface area (Å²) in [6, 6.07) is -0.243. The van der Waals surface area contributed by atoms with Gasteiger partial charge in [-0.05, 0) is 25.8 Å². The van der Waals surface area contributed by atoms with Gasteiger partial charge in [-0.25, -0.2) is 0 Å². The maximum absolute atomic E-state index is 11.4. The van der Waals surface area contributed by atoms with E-state index in [1.54, 1.807) is 0 Å². The first-order valence-electron chi connectivity index (χ1n) is 5.81. The SMILES string of the molecule is CCCC(CC(=O)O)NC(=O)CCCCN. The maximum Gasteiger partial charge on any atom is 0.305 e. The van der Waals surface area contributed by atoms with Crippen LogP contribution in [0.15, 0.2) is 0 Å². The lowest BCUT2D eigenvalue weighted by molar-refractivity contribution is -0.137. The fourth-order valence-corrected chi connectivity index (χ4v) is 1.51. The average molecular weight is 230 g/mol. The number of unbranched alkanes of at least 4 members (excludes halogenated alkanes) is 1. The van der Waals surface area contributed by atoms with E-state index in [1.165, 1.54) is 0 Å². The number of carbonyl (C=O) groups excluding carboxylic acids is 1. The Kier molecular flexibility index (Phi) is 8.52. The van der Waals surface area contributed by atoms with E-state index in [2.05, 4.69) is 5.32 Å². The van der Waals surface area contributed by atoms with Crippen LogP contribution in [0.3, 0.4) is 0 Å². The molecule has 0 saturated carbocycles. The predicted molar refractivity (Wildman–Crippen MR) is 62.0 cm³/mol. The van der Waals surface area contributed by atoms with Crippen LogP contribution in [-0.2, 0) is 9.59 Å². The molecule has 4 N–H and O–H groups in total. The van der Waals surface area contributed by atoms with Gasteiger partial charge in [-0.1, -0.05) is 13.3 Å². The van der Waals surface area contributed by atoms with Gasteiger partial charge < -0.3 is 16.2 Å². The molecule has 0 spiro atoms. The van der Waals surface area contributed by atoms with E-state index in [4.69, 9.17) is 10.8 Å². The summed E-state index contributed by atoms with van der Waals surface area (Å²) in [5.41, 5.74) is 5.32. The summed E-state index contributed by atoms with van der Waals surface area (Å²) in [7, 11) is 0. The molecule has 1 atom stereocenters. The van der Waals surface area contributed by atoms with Crippen molar-refractivity contribution in [1.82, 2.24) is 5.32 Å². The zero-order valence-electron chi connectivity index (χ0n) is 9.87. The Morgan fingerprint density at radius 2 is 2.06 bits per heavy atom. The molecular weight excluding hydrogens is 208 g/mol. The number of carboxylic acid groups (broad SMARTS) is 1. The highest BCUT2D eigenvalue weighted by atomic mass is 16.4. The van der Waals surface area contributed by atoms with Crippen molar-refractivity contribution in [3.63, 3.8) is 0 Å². The fourth-order valence-electron chi connectivity index (χ4n) is 1.51. The number of carbonyl (C=O) groups is 2. The third-order valence-corrected chi connectivity index (χ3v) is 2.28. The minimum atomic E-state index is -0.874. The molecule has 0 aromatic carbocycles. The molecule has 0 aliphatic heterocycles. The molecule has 0 bridgehead atoms. The lowest BCUT2D eigenvalue weighted by Crippen LogP contribution is -2.36. The second-order valence-corrected chi connectivity index (χ2v) is 3.90. The van der Waals surface area contributed by atoms with E-state index in [0.717, 1.165) is 19.3 Å². The van der Waals surface area contributed by atoms with Crippen molar-refractivity contribution in [3.05, 3.63) is 0 Å². The number of nitrogens with two attached hydrogens (primary N) is 1. The third-order valence-electron chi connectivity index (χ3n) is 2.28. The number of amides is 1. The first-order valence-corrected chi connectivity index (χ1v) is 5.81. The molecule has 94 valence electrons. The van der Waals surface area contributed by atoms with Gasteiger partial charge in [0, 0.05) is 12.5 Å². The molecule has 0 fully saturated rings. The van der Waals surface area contributed by atoms with E-state index in [0.29, 0.717) is 19.4 Å². The predicted octanol–water partition coefficient (Wildman–Crippen LogP) is 0.875. The second kappa shape index (κ2) is 9.15. The number of rotatable bonds is 9. The monoisotopic (exact) mass is 230 g/mol. The summed E-state index contributed by atoms with van der Waals surface area (Å²) < 4.78 is 0. The Hall–Kier alpha value is -1.10. The maximum atomic E-state index is 11.4. The average Bonchev–Trinajstić information content (AvgIpc) is 2.17. The van der Waals surface area contributed by atoms with Crippen molar-refractivity contribution in [2.75, 3.05) is 6.54 Å². The Labute approximate surface area is 96.4 Å². The highest BCUT2D eigenvalue weighted by molar-refractivity contribution is 5.77. The quantitative estimate of drug-likeness (QED) is 0.512. The second-order valence-electron chi connectivity index (χ2n) is 3.90. The molecule has 1 amide bonds. The number of aliphatic carboxylic acids is 1. The summed E-state index contributed by atoms with van der Waals surface area (Å²) in [5, 5.41) is 11.4. The van der Waals surface area contributed by atoms with Crippen molar-refractivity contribution >= 4 is 11.9 Å². The van der Waals surface area contributed by atoms with E-state index in [1.807, 2.05) is 6.92 Å². The van der Waals surface area contributed by atoms with Crippen LogP contribution in [0.2, 0.25) is 0 Å². The summed E-state index contributed by atoms with van der Waals surface area (Å²) in [5.74, 6) is -0.950. The van der Waals surface area contributed by atoms with Gasteiger partial charge in [0.05, 0.1) is 6.42 Å². The van der Waals surface area contributed by atoms with E-state index >= 15 is 0 Å². The number of hydrogen-bond acceptors (Lipinski definition) is 3. The van der Waals surface area contributed by atoms with Gasteiger partial charge >= 0.3 is 5.97 Å². The smallest absolute Gasteiger partial charge is 0.305 e. The van der Waals surface area contributed by atoms with E-state index < -0.39 is 5.97 Å². The van der Waals surface area contributed by atoms with Crippen molar-refractivity contribution in [2.24, 2.45) is 5.73 Å². The Morgan fingerprint density at radius 3 is 2.56 bits per heavy atom. The third kappa shape index (κ3) is 8.23. The topological polar surface area (TPSA) is 92.4 Å². The molecule has 0 radical (unpaired) electrons. The van der Waals surface area contributed by atoms with E-state index in [-0.39, 0.29) is 18.4 Å².